The second-order valence-corrected chi connectivity index (χ2v) is 2.24. The van der Waals surface area contributed by atoms with Crippen molar-refractivity contribution in [3.63, 3.8) is 0 Å². The molecule has 1 N–H and O–H groups in total. The first-order valence-corrected chi connectivity index (χ1v) is 2.71. The van der Waals surface area contributed by atoms with Crippen LogP contribution in [-0.4, -0.2) is 11.0 Å². The third kappa shape index (κ3) is 2.12. The second-order valence-electron chi connectivity index (χ2n) is 0.917. The Morgan fingerprint density at radius 3 is 1.83 bits per heavy atom. The average Bonchev–Trinajstić information content (AvgIpc) is 1.36. The van der Waals surface area contributed by atoms with E-state index in [2.05, 4.69) is 0 Å². The van der Waals surface area contributed by atoms with E-state index in [0.29, 0.717) is 0 Å². The Bertz CT molecular complexity index is 85.0. The Morgan fingerprint density at radius 2 is 1.83 bits per heavy atom. The first-order chi connectivity index (χ1) is 2.64. The molecule has 0 aromatic rings. The standard InChI is InChI=1S/C2H5O3P/c1-2(3)6(4)5/h2-3H,1H3. The summed E-state index contributed by atoms with van der Waals surface area (Å²) in [4.78, 5) is 0. The Morgan fingerprint density at radius 1 is 1.67 bits per heavy atom. The van der Waals surface area contributed by atoms with Crippen LogP contribution in [0.15, 0.2) is 0 Å². The lowest BCUT2D eigenvalue weighted by Crippen LogP contribution is -1.83. The van der Waals surface area contributed by atoms with Gasteiger partial charge in [0.1, 0.15) is 0 Å². The van der Waals surface area contributed by atoms with Gasteiger partial charge < -0.3 is 5.11 Å². The van der Waals surface area contributed by atoms with Gasteiger partial charge in [-0.25, -0.2) is 9.13 Å². The van der Waals surface area contributed by atoms with Gasteiger partial charge in [0, 0.05) is 0 Å². The highest BCUT2D eigenvalue weighted by Crippen LogP contribution is 2.07. The molecule has 0 aromatic heterocycles. The minimum atomic E-state index is -2.60. The molecule has 0 amide bonds. The lowest BCUT2D eigenvalue weighted by Gasteiger charge is -1.79. The van der Waals surface area contributed by atoms with Crippen LogP contribution in [0.4, 0.5) is 0 Å². The predicted octanol–water partition coefficient (Wildman–Crippen LogP) is 0.498. The van der Waals surface area contributed by atoms with Crippen LogP contribution in [0, 0.1) is 0 Å². The summed E-state index contributed by atoms with van der Waals surface area (Å²) in [6.07, 6.45) is 0. The van der Waals surface area contributed by atoms with E-state index in [1.54, 1.807) is 0 Å². The van der Waals surface area contributed by atoms with Gasteiger partial charge in [0.15, 0.2) is 5.85 Å². The summed E-state index contributed by atoms with van der Waals surface area (Å²) in [5.41, 5.74) is 0. The van der Waals surface area contributed by atoms with Crippen molar-refractivity contribution >= 4 is 7.68 Å². The van der Waals surface area contributed by atoms with Gasteiger partial charge in [0.25, 0.3) is 0 Å². The summed E-state index contributed by atoms with van der Waals surface area (Å²) >= 11 is 0. The molecule has 3 nitrogen and oxygen atoms in total. The average molecular weight is 108 g/mol. The molecule has 0 spiro atoms. The maximum absolute atomic E-state index is 9.49. The molecule has 0 aromatic carbocycles. The lowest BCUT2D eigenvalue weighted by molar-refractivity contribution is 0.264. The highest BCUT2D eigenvalue weighted by atomic mass is 31.1. The van der Waals surface area contributed by atoms with E-state index in [-0.39, 0.29) is 0 Å². The zero-order valence-corrected chi connectivity index (χ0v) is 4.18. The van der Waals surface area contributed by atoms with Crippen LogP contribution in [0.2, 0.25) is 0 Å². The van der Waals surface area contributed by atoms with Crippen molar-refractivity contribution in [3.05, 3.63) is 0 Å². The normalized spacial score (nSPS) is 13.7. The first kappa shape index (κ1) is 5.86. The quantitative estimate of drug-likeness (QED) is 0.497. The second kappa shape index (κ2) is 2.11. The van der Waals surface area contributed by atoms with Gasteiger partial charge in [-0.1, -0.05) is 0 Å². The monoisotopic (exact) mass is 108 g/mol. The number of hydrogen-bond donors (Lipinski definition) is 1. The smallest absolute Gasteiger partial charge is 0.344 e. The molecule has 0 fully saturated rings. The van der Waals surface area contributed by atoms with Crippen LogP contribution in [-0.2, 0) is 9.13 Å². The maximum atomic E-state index is 9.49. The third-order valence-electron chi connectivity index (χ3n) is 0.305. The molecule has 1 unspecified atom stereocenters. The molecular weight excluding hydrogens is 103 g/mol. The highest BCUT2D eigenvalue weighted by Gasteiger charge is 1.96. The number of aliphatic hydroxyl groups is 1. The largest absolute Gasteiger partial charge is 0.378 e. The summed E-state index contributed by atoms with van der Waals surface area (Å²) in [5.74, 6) is -1.19. The molecule has 0 aliphatic heterocycles. The van der Waals surface area contributed by atoms with Crippen molar-refractivity contribution in [1.82, 2.24) is 0 Å². The van der Waals surface area contributed by atoms with Crippen molar-refractivity contribution in [1.29, 1.82) is 0 Å². The van der Waals surface area contributed by atoms with Crippen LogP contribution >= 0.6 is 7.68 Å². The van der Waals surface area contributed by atoms with E-state index < -0.39 is 13.5 Å². The van der Waals surface area contributed by atoms with E-state index in [1.807, 2.05) is 0 Å². The van der Waals surface area contributed by atoms with Gasteiger partial charge in [-0.2, -0.15) is 0 Å². The predicted molar refractivity (Wildman–Crippen MR) is 20.0 cm³/mol. The van der Waals surface area contributed by atoms with Crippen LogP contribution in [0.1, 0.15) is 6.92 Å². The summed E-state index contributed by atoms with van der Waals surface area (Å²) in [5, 5.41) is 8.03. The molecule has 36 valence electrons. The molecule has 0 radical (unpaired) electrons. The van der Waals surface area contributed by atoms with E-state index in [0.717, 1.165) is 0 Å². The van der Waals surface area contributed by atoms with Gasteiger partial charge in [-0.3, -0.25) is 0 Å². The molecule has 0 bridgehead atoms. The Hall–Kier alpha value is -0.140. The topological polar surface area (TPSA) is 54.4 Å². The lowest BCUT2D eigenvalue weighted by atomic mass is 10.9. The van der Waals surface area contributed by atoms with E-state index in [1.165, 1.54) is 6.92 Å². The van der Waals surface area contributed by atoms with Crippen LogP contribution in [0.3, 0.4) is 0 Å². The van der Waals surface area contributed by atoms with Crippen molar-refractivity contribution in [3.8, 4) is 0 Å². The van der Waals surface area contributed by atoms with Gasteiger partial charge in [0.2, 0.25) is 0 Å². The van der Waals surface area contributed by atoms with Crippen LogP contribution in [0.5, 0.6) is 0 Å². The molecule has 1 atom stereocenters. The summed E-state index contributed by atoms with van der Waals surface area (Å²) in [6, 6.07) is 0. The molecular formula is C2H5O3P. The van der Waals surface area contributed by atoms with E-state index >= 15 is 0 Å². The Kier molecular flexibility index (Phi) is 2.06. The summed E-state index contributed by atoms with van der Waals surface area (Å²) in [7, 11) is -2.60. The first-order valence-electron chi connectivity index (χ1n) is 1.46. The zero-order valence-electron chi connectivity index (χ0n) is 3.29. The zero-order chi connectivity index (χ0) is 5.15. The van der Waals surface area contributed by atoms with Gasteiger partial charge >= 0.3 is 7.68 Å². The third-order valence-corrected chi connectivity index (χ3v) is 0.915. The van der Waals surface area contributed by atoms with E-state index in [9.17, 15) is 9.13 Å². The fourth-order valence-corrected chi connectivity index (χ4v) is 0. The molecule has 0 aliphatic rings. The summed E-state index contributed by atoms with van der Waals surface area (Å²) in [6.45, 7) is 1.20. The molecule has 0 saturated heterocycles. The number of rotatable bonds is 1. The van der Waals surface area contributed by atoms with Gasteiger partial charge in [-0.05, 0) is 6.92 Å². The fourth-order valence-electron chi connectivity index (χ4n) is 0. The minimum Gasteiger partial charge on any atom is -0.378 e. The molecule has 0 aliphatic carbocycles. The van der Waals surface area contributed by atoms with Crippen LogP contribution < -0.4 is 0 Å². The van der Waals surface area contributed by atoms with Gasteiger partial charge in [0.05, 0.1) is 0 Å². The van der Waals surface area contributed by atoms with Gasteiger partial charge in [-0.15, -0.1) is 0 Å². The highest BCUT2D eigenvalue weighted by molar-refractivity contribution is 7.31. The minimum absolute atomic E-state index is 1.19. The molecule has 0 saturated carbocycles. The Balaban J connectivity index is 3.57. The summed E-state index contributed by atoms with van der Waals surface area (Å²) < 4.78 is 19.0. The maximum Gasteiger partial charge on any atom is 0.344 e. The van der Waals surface area contributed by atoms with Crippen molar-refractivity contribution in [2.75, 3.05) is 0 Å². The van der Waals surface area contributed by atoms with Crippen molar-refractivity contribution < 1.29 is 14.2 Å². The molecule has 0 rings (SSSR count). The van der Waals surface area contributed by atoms with Crippen molar-refractivity contribution in [2.24, 2.45) is 0 Å². The SMILES string of the molecule is CC(O)P(=O)=O. The van der Waals surface area contributed by atoms with E-state index in [4.69, 9.17) is 5.11 Å². The molecule has 0 heterocycles. The molecule has 6 heavy (non-hydrogen) atoms. The molecule has 4 heteroatoms. The van der Waals surface area contributed by atoms with Crippen molar-refractivity contribution in [2.45, 2.75) is 12.8 Å². The Labute approximate surface area is 35.8 Å². The number of hydrogen-bond acceptors (Lipinski definition) is 3. The number of aliphatic hydroxyl groups excluding tert-OH is 1. The fraction of sp³-hybridized carbons (Fsp3) is 1.00. The van der Waals surface area contributed by atoms with Crippen LogP contribution in [0.25, 0.3) is 0 Å².